The van der Waals surface area contributed by atoms with Crippen molar-refractivity contribution in [3.8, 4) is 5.75 Å². The average Bonchev–Trinajstić information content (AvgIpc) is 2.27. The number of carbonyl (C=O) groups excluding carboxylic acids is 1. The van der Waals surface area contributed by atoms with Crippen LogP contribution in [0.15, 0.2) is 24.3 Å². The van der Waals surface area contributed by atoms with Gasteiger partial charge in [-0.3, -0.25) is 0 Å². The molecule has 0 spiro atoms. The van der Waals surface area contributed by atoms with Crippen LogP contribution in [0.4, 0.5) is 8.78 Å². The highest BCUT2D eigenvalue weighted by Gasteiger charge is 2.31. The first kappa shape index (κ1) is 13.4. The maximum absolute atomic E-state index is 11.9. The molecule has 1 unspecified atom stereocenters. The van der Waals surface area contributed by atoms with Gasteiger partial charge in [-0.2, -0.15) is 8.78 Å². The van der Waals surface area contributed by atoms with E-state index in [1.54, 1.807) is 0 Å². The quantitative estimate of drug-likeness (QED) is 0.819. The summed E-state index contributed by atoms with van der Waals surface area (Å²) in [6.45, 7) is -1.41. The fourth-order valence-corrected chi connectivity index (χ4v) is 1.31. The minimum Gasteiger partial charge on any atom is -0.467 e. The Kier molecular flexibility index (Phi) is 4.01. The third kappa shape index (κ3) is 3.13. The molecule has 1 aromatic carbocycles. The summed E-state index contributed by atoms with van der Waals surface area (Å²) in [5.74, 6) is -0.607. The number of hydrogen-bond acceptors (Lipinski definition) is 4. The van der Waals surface area contributed by atoms with Crippen LogP contribution in [0.25, 0.3) is 0 Å². The van der Waals surface area contributed by atoms with Gasteiger partial charge in [0.05, 0.1) is 7.11 Å². The minimum absolute atomic E-state index is 0.00409. The first-order valence-corrected chi connectivity index (χ1v) is 4.80. The number of ether oxygens (including phenoxy) is 2. The lowest BCUT2D eigenvalue weighted by Gasteiger charge is -2.22. The number of rotatable bonds is 4. The van der Waals surface area contributed by atoms with E-state index in [2.05, 4.69) is 9.47 Å². The average molecular weight is 245 g/mol. The van der Waals surface area contributed by atoms with E-state index in [1.165, 1.54) is 38.3 Å². The molecule has 17 heavy (non-hydrogen) atoms. The van der Waals surface area contributed by atoms with Gasteiger partial charge in [0.1, 0.15) is 11.3 Å². The zero-order valence-corrected chi connectivity index (χ0v) is 9.44. The molecule has 1 atom stereocenters. The summed E-state index contributed by atoms with van der Waals surface area (Å²) in [6, 6.07) is 5.51. The van der Waals surface area contributed by atoms with Crippen LogP contribution in [-0.4, -0.2) is 19.7 Å². The van der Waals surface area contributed by atoms with Gasteiger partial charge in [0.25, 0.3) is 0 Å². The lowest BCUT2D eigenvalue weighted by Crippen LogP contribution is -2.42. The molecule has 0 radical (unpaired) electrons. The minimum atomic E-state index is -2.88. The number of hydrogen-bond donors (Lipinski definition) is 1. The zero-order chi connectivity index (χ0) is 13.1. The van der Waals surface area contributed by atoms with Gasteiger partial charge in [-0.1, -0.05) is 12.1 Å². The SMILES string of the molecule is COC(=O)C(C)(N)c1ccc(OC(F)F)cc1. The standard InChI is InChI=1S/C11H13F2NO3/c1-11(14,9(15)16-2)7-3-5-8(6-4-7)17-10(12)13/h3-6,10H,14H2,1-2H3. The van der Waals surface area contributed by atoms with Crippen molar-refractivity contribution in [3.63, 3.8) is 0 Å². The van der Waals surface area contributed by atoms with Gasteiger partial charge in [-0.05, 0) is 24.6 Å². The fourth-order valence-electron chi connectivity index (χ4n) is 1.31. The molecule has 94 valence electrons. The second-order valence-electron chi connectivity index (χ2n) is 3.60. The predicted molar refractivity (Wildman–Crippen MR) is 56.6 cm³/mol. The predicted octanol–water partition coefficient (Wildman–Crippen LogP) is 1.63. The highest BCUT2D eigenvalue weighted by molar-refractivity contribution is 5.81. The van der Waals surface area contributed by atoms with E-state index < -0.39 is 18.1 Å². The third-order valence-electron chi connectivity index (χ3n) is 2.29. The van der Waals surface area contributed by atoms with Crippen molar-refractivity contribution in [3.05, 3.63) is 29.8 Å². The van der Waals surface area contributed by atoms with E-state index in [0.717, 1.165) is 0 Å². The molecule has 0 aliphatic carbocycles. The molecule has 0 heterocycles. The summed E-state index contributed by atoms with van der Waals surface area (Å²) in [6.07, 6.45) is 0. The van der Waals surface area contributed by atoms with Gasteiger partial charge in [-0.15, -0.1) is 0 Å². The van der Waals surface area contributed by atoms with Crippen LogP contribution in [0.2, 0.25) is 0 Å². The molecular formula is C11H13F2NO3. The lowest BCUT2D eigenvalue weighted by atomic mass is 9.93. The number of nitrogens with two attached hydrogens (primary N) is 1. The zero-order valence-electron chi connectivity index (χ0n) is 9.44. The Morgan fingerprint density at radius 3 is 2.29 bits per heavy atom. The molecule has 0 saturated carbocycles. The van der Waals surface area contributed by atoms with Crippen LogP contribution in [0, 0.1) is 0 Å². The summed E-state index contributed by atoms with van der Waals surface area (Å²) in [7, 11) is 1.22. The Hall–Kier alpha value is -1.69. The molecule has 1 rings (SSSR count). The van der Waals surface area contributed by atoms with Crippen molar-refractivity contribution in [1.82, 2.24) is 0 Å². The Bertz CT molecular complexity index is 390. The van der Waals surface area contributed by atoms with Crippen LogP contribution in [0.3, 0.4) is 0 Å². The van der Waals surface area contributed by atoms with Crippen LogP contribution in [0.5, 0.6) is 5.75 Å². The van der Waals surface area contributed by atoms with E-state index in [1.807, 2.05) is 0 Å². The summed E-state index contributed by atoms with van der Waals surface area (Å²) >= 11 is 0. The number of halogens is 2. The second-order valence-corrected chi connectivity index (χ2v) is 3.60. The molecule has 2 N–H and O–H groups in total. The molecule has 0 aromatic heterocycles. The number of benzene rings is 1. The van der Waals surface area contributed by atoms with Crippen molar-refractivity contribution >= 4 is 5.97 Å². The topological polar surface area (TPSA) is 61.5 Å². The molecule has 0 aliphatic rings. The number of esters is 1. The van der Waals surface area contributed by atoms with Crippen molar-refractivity contribution in [1.29, 1.82) is 0 Å². The molecule has 4 nitrogen and oxygen atoms in total. The van der Waals surface area contributed by atoms with Crippen molar-refractivity contribution in [2.75, 3.05) is 7.11 Å². The Morgan fingerprint density at radius 2 is 1.88 bits per heavy atom. The maximum Gasteiger partial charge on any atom is 0.387 e. The Balaban J connectivity index is 2.90. The second kappa shape index (κ2) is 5.09. The van der Waals surface area contributed by atoms with Gasteiger partial charge >= 0.3 is 12.6 Å². The summed E-state index contributed by atoms with van der Waals surface area (Å²) < 4.78 is 32.6. The first-order chi connectivity index (χ1) is 7.87. The summed E-state index contributed by atoms with van der Waals surface area (Å²) in [5.41, 5.74) is 4.91. The van der Waals surface area contributed by atoms with E-state index >= 15 is 0 Å². The van der Waals surface area contributed by atoms with E-state index in [9.17, 15) is 13.6 Å². The van der Waals surface area contributed by atoms with E-state index in [-0.39, 0.29) is 5.75 Å². The molecule has 0 saturated heterocycles. The maximum atomic E-state index is 11.9. The Labute approximate surface area is 97.3 Å². The molecule has 0 aliphatic heterocycles. The van der Waals surface area contributed by atoms with Crippen LogP contribution in [0.1, 0.15) is 12.5 Å². The van der Waals surface area contributed by atoms with Gasteiger partial charge in [0.2, 0.25) is 0 Å². The van der Waals surface area contributed by atoms with Gasteiger partial charge in [-0.25, -0.2) is 4.79 Å². The Morgan fingerprint density at radius 1 is 1.35 bits per heavy atom. The summed E-state index contributed by atoms with van der Waals surface area (Å²) in [5, 5.41) is 0. The third-order valence-corrected chi connectivity index (χ3v) is 2.29. The summed E-state index contributed by atoms with van der Waals surface area (Å²) in [4.78, 5) is 11.4. The highest BCUT2D eigenvalue weighted by Crippen LogP contribution is 2.22. The number of methoxy groups -OCH3 is 1. The largest absolute Gasteiger partial charge is 0.467 e. The molecule has 0 bridgehead atoms. The fraction of sp³-hybridized carbons (Fsp3) is 0.364. The van der Waals surface area contributed by atoms with E-state index in [4.69, 9.17) is 5.73 Å². The molecule has 0 amide bonds. The number of carbonyl (C=O) groups is 1. The van der Waals surface area contributed by atoms with Crippen LogP contribution in [-0.2, 0) is 15.1 Å². The van der Waals surface area contributed by atoms with Crippen molar-refractivity contribution in [2.45, 2.75) is 19.1 Å². The highest BCUT2D eigenvalue weighted by atomic mass is 19.3. The molecular weight excluding hydrogens is 232 g/mol. The first-order valence-electron chi connectivity index (χ1n) is 4.80. The van der Waals surface area contributed by atoms with Crippen LogP contribution >= 0.6 is 0 Å². The number of alkyl halides is 2. The smallest absolute Gasteiger partial charge is 0.387 e. The van der Waals surface area contributed by atoms with Gasteiger partial charge in [0, 0.05) is 0 Å². The van der Waals surface area contributed by atoms with E-state index in [0.29, 0.717) is 5.56 Å². The monoisotopic (exact) mass is 245 g/mol. The lowest BCUT2D eigenvalue weighted by molar-refractivity contribution is -0.146. The van der Waals surface area contributed by atoms with Gasteiger partial charge < -0.3 is 15.2 Å². The molecule has 1 aromatic rings. The van der Waals surface area contributed by atoms with Crippen molar-refractivity contribution < 1.29 is 23.0 Å². The normalized spacial score (nSPS) is 14.2. The molecule has 6 heteroatoms. The molecule has 0 fully saturated rings. The van der Waals surface area contributed by atoms with Crippen LogP contribution < -0.4 is 10.5 Å². The van der Waals surface area contributed by atoms with Gasteiger partial charge in [0.15, 0.2) is 0 Å². The van der Waals surface area contributed by atoms with Crippen molar-refractivity contribution in [2.24, 2.45) is 5.73 Å².